The fourth-order valence-electron chi connectivity index (χ4n) is 3.58. The van der Waals surface area contributed by atoms with Gasteiger partial charge in [-0.15, -0.1) is 0 Å². The second kappa shape index (κ2) is 10.8. The van der Waals surface area contributed by atoms with Crippen molar-refractivity contribution in [2.24, 2.45) is 0 Å². The van der Waals surface area contributed by atoms with Gasteiger partial charge in [0.1, 0.15) is 0 Å². The van der Waals surface area contributed by atoms with Gasteiger partial charge in [-0.05, 0) is 48.4 Å². The van der Waals surface area contributed by atoms with E-state index >= 15 is 0 Å². The molecule has 0 aliphatic rings. The van der Waals surface area contributed by atoms with Gasteiger partial charge in [-0.3, -0.25) is 19.0 Å². The molecule has 174 valence electrons. The first kappa shape index (κ1) is 23.9. The normalized spacial score (nSPS) is 10.6. The van der Waals surface area contributed by atoms with Gasteiger partial charge in [0.25, 0.3) is 5.56 Å². The Bertz CT molecular complexity index is 1490. The topological polar surface area (TPSA) is 105 Å². The Morgan fingerprint density at radius 2 is 1.74 bits per heavy atom. The molecule has 0 unspecified atom stereocenters. The third kappa shape index (κ3) is 5.65. The van der Waals surface area contributed by atoms with Crippen LogP contribution in [0.4, 0.5) is 0 Å². The lowest BCUT2D eigenvalue weighted by Crippen LogP contribution is -2.22. The molecule has 0 aliphatic carbocycles. The van der Waals surface area contributed by atoms with Crippen LogP contribution in [0.15, 0.2) is 82.7 Å². The summed E-state index contributed by atoms with van der Waals surface area (Å²) < 4.78 is 1.48. The average Bonchev–Trinajstić information content (AvgIpc) is 2.88. The second-order valence-corrected chi connectivity index (χ2v) is 8.80. The van der Waals surface area contributed by atoms with E-state index < -0.39 is 0 Å². The Labute approximate surface area is 206 Å². The third-order valence-electron chi connectivity index (χ3n) is 5.40. The highest BCUT2D eigenvalue weighted by molar-refractivity contribution is 7.99. The van der Waals surface area contributed by atoms with Gasteiger partial charge in [-0.25, -0.2) is 4.98 Å². The number of fused-ring (bicyclic) bond motifs is 1. The maximum Gasteiger partial charge on any atom is 0.266 e. The Morgan fingerprint density at radius 3 is 2.43 bits per heavy atom. The number of hydrogen-bond acceptors (Lipinski definition) is 6. The van der Waals surface area contributed by atoms with Crippen LogP contribution in [-0.4, -0.2) is 33.5 Å². The zero-order valence-electron chi connectivity index (χ0n) is 19.0. The predicted molar refractivity (Wildman–Crippen MR) is 136 cm³/mol. The molecule has 1 aromatic heterocycles. The van der Waals surface area contributed by atoms with E-state index in [0.29, 0.717) is 45.8 Å². The van der Waals surface area contributed by atoms with Crippen molar-refractivity contribution in [3.05, 3.63) is 99.8 Å². The van der Waals surface area contributed by atoms with Gasteiger partial charge in [0.05, 0.1) is 34.0 Å². The lowest BCUT2D eigenvalue weighted by atomic mass is 10.1. The quantitative estimate of drug-likeness (QED) is 0.232. The number of nitriles is 1. The molecule has 0 atom stereocenters. The minimum Gasteiger partial charge on any atom is -0.356 e. The van der Waals surface area contributed by atoms with Crippen LogP contribution < -0.4 is 10.9 Å². The van der Waals surface area contributed by atoms with Gasteiger partial charge >= 0.3 is 0 Å². The Balaban J connectivity index is 1.57. The van der Waals surface area contributed by atoms with E-state index in [1.54, 1.807) is 54.6 Å². The number of aromatic nitrogens is 2. The fourth-order valence-corrected chi connectivity index (χ4v) is 4.48. The summed E-state index contributed by atoms with van der Waals surface area (Å²) in [5.74, 6) is -0.0560. The Kier molecular flexibility index (Phi) is 7.38. The van der Waals surface area contributed by atoms with Crippen LogP contribution in [0.3, 0.4) is 0 Å². The van der Waals surface area contributed by atoms with Gasteiger partial charge in [0.2, 0.25) is 5.91 Å². The number of ketones is 1. The summed E-state index contributed by atoms with van der Waals surface area (Å²) in [6.07, 6.45) is 0.681. The smallest absolute Gasteiger partial charge is 0.266 e. The first-order valence-corrected chi connectivity index (χ1v) is 12.0. The van der Waals surface area contributed by atoms with E-state index in [1.807, 2.05) is 18.2 Å². The fraction of sp³-hybridized carbons (Fsp3) is 0.148. The van der Waals surface area contributed by atoms with Crippen molar-refractivity contribution in [2.45, 2.75) is 18.5 Å². The van der Waals surface area contributed by atoms with E-state index in [-0.39, 0.29) is 23.0 Å². The molecule has 8 heteroatoms. The molecular weight excluding hydrogens is 460 g/mol. The number of carbonyl (C=O) groups is 2. The maximum absolute atomic E-state index is 13.3. The molecular formula is C27H22N4O3S. The molecule has 0 aliphatic heterocycles. The van der Waals surface area contributed by atoms with Crippen molar-refractivity contribution in [2.75, 3.05) is 12.3 Å². The molecule has 35 heavy (non-hydrogen) atoms. The number of rotatable bonds is 8. The molecule has 7 nitrogen and oxygen atoms in total. The SMILES string of the molecule is CC(=O)NCCc1ccc(C(=O)CSc2nc3ccccc3c(=O)n2-c2ccc(C#N)cc2)cc1. The summed E-state index contributed by atoms with van der Waals surface area (Å²) in [5, 5.41) is 12.7. The molecule has 0 saturated heterocycles. The lowest BCUT2D eigenvalue weighted by molar-refractivity contribution is -0.118. The van der Waals surface area contributed by atoms with E-state index in [9.17, 15) is 14.4 Å². The van der Waals surface area contributed by atoms with E-state index in [2.05, 4.69) is 16.4 Å². The van der Waals surface area contributed by atoms with Crippen molar-refractivity contribution in [1.29, 1.82) is 5.26 Å². The number of hydrogen-bond donors (Lipinski definition) is 1. The van der Waals surface area contributed by atoms with Crippen LogP contribution in [0.5, 0.6) is 0 Å². The largest absolute Gasteiger partial charge is 0.356 e. The summed E-state index contributed by atoms with van der Waals surface area (Å²) >= 11 is 1.19. The first-order chi connectivity index (χ1) is 17.0. The summed E-state index contributed by atoms with van der Waals surface area (Å²) in [6.45, 7) is 2.02. The molecule has 4 aromatic rings. The number of nitrogens with one attached hydrogen (secondary N) is 1. The molecule has 1 N–H and O–H groups in total. The van der Waals surface area contributed by atoms with Crippen molar-refractivity contribution >= 4 is 34.4 Å². The zero-order valence-corrected chi connectivity index (χ0v) is 19.8. The molecule has 0 spiro atoms. The Hall–Kier alpha value is -4.22. The lowest BCUT2D eigenvalue weighted by Gasteiger charge is -2.13. The van der Waals surface area contributed by atoms with Gasteiger partial charge in [0, 0.05) is 19.0 Å². The summed E-state index contributed by atoms with van der Waals surface area (Å²) in [4.78, 5) is 41.9. The Morgan fingerprint density at radius 1 is 1.03 bits per heavy atom. The molecule has 1 amide bonds. The molecule has 3 aromatic carbocycles. The van der Waals surface area contributed by atoms with Crippen LogP contribution in [-0.2, 0) is 11.2 Å². The molecule has 0 bridgehead atoms. The van der Waals surface area contributed by atoms with Gasteiger partial charge in [0.15, 0.2) is 10.9 Å². The zero-order chi connectivity index (χ0) is 24.8. The molecule has 0 saturated carbocycles. The van der Waals surface area contributed by atoms with Crippen molar-refractivity contribution in [3.63, 3.8) is 0 Å². The number of carbonyl (C=O) groups excluding carboxylic acids is 2. The van der Waals surface area contributed by atoms with E-state index in [1.165, 1.54) is 23.3 Å². The van der Waals surface area contributed by atoms with Crippen molar-refractivity contribution < 1.29 is 9.59 Å². The highest BCUT2D eigenvalue weighted by Crippen LogP contribution is 2.23. The van der Waals surface area contributed by atoms with Crippen LogP contribution in [0.25, 0.3) is 16.6 Å². The van der Waals surface area contributed by atoms with Gasteiger partial charge in [-0.1, -0.05) is 48.2 Å². The second-order valence-electron chi connectivity index (χ2n) is 7.85. The minimum absolute atomic E-state index is 0.0735. The predicted octanol–water partition coefficient (Wildman–Crippen LogP) is 3.91. The third-order valence-corrected chi connectivity index (χ3v) is 6.33. The summed E-state index contributed by atoms with van der Waals surface area (Å²) in [6, 6.07) is 23.1. The number of nitrogens with zero attached hydrogens (tertiary/aromatic N) is 3. The van der Waals surface area contributed by atoms with Crippen LogP contribution in [0, 0.1) is 11.3 Å². The maximum atomic E-state index is 13.3. The standard InChI is InChI=1S/C27H22N4O3S/c1-18(32)29-15-14-19-6-10-21(11-7-19)25(33)17-35-27-30-24-5-3-2-4-23(24)26(34)31(27)22-12-8-20(16-28)9-13-22/h2-13H,14-15,17H2,1H3,(H,29,32). The highest BCUT2D eigenvalue weighted by atomic mass is 32.2. The first-order valence-electron chi connectivity index (χ1n) is 11.0. The monoisotopic (exact) mass is 482 g/mol. The highest BCUT2D eigenvalue weighted by Gasteiger charge is 2.15. The van der Waals surface area contributed by atoms with E-state index in [0.717, 1.165) is 5.56 Å². The van der Waals surface area contributed by atoms with Crippen molar-refractivity contribution in [1.82, 2.24) is 14.9 Å². The minimum atomic E-state index is -0.237. The molecule has 1 heterocycles. The molecule has 0 radical (unpaired) electrons. The van der Waals surface area contributed by atoms with Crippen LogP contribution >= 0.6 is 11.8 Å². The number of amides is 1. The summed E-state index contributed by atoms with van der Waals surface area (Å²) in [5.41, 5.74) is 2.97. The molecule has 0 fully saturated rings. The number of para-hydroxylation sites is 1. The number of benzene rings is 3. The van der Waals surface area contributed by atoms with Crippen LogP contribution in [0.1, 0.15) is 28.4 Å². The van der Waals surface area contributed by atoms with Gasteiger partial charge < -0.3 is 5.32 Å². The van der Waals surface area contributed by atoms with Crippen molar-refractivity contribution in [3.8, 4) is 11.8 Å². The average molecular weight is 483 g/mol. The number of Topliss-reactive ketones (excluding diaryl/α,β-unsaturated/α-hetero) is 1. The molecule has 4 rings (SSSR count). The van der Waals surface area contributed by atoms with Crippen LogP contribution in [0.2, 0.25) is 0 Å². The number of thioether (sulfide) groups is 1. The summed E-state index contributed by atoms with van der Waals surface area (Å²) in [7, 11) is 0. The van der Waals surface area contributed by atoms with Gasteiger partial charge in [-0.2, -0.15) is 5.26 Å². The van der Waals surface area contributed by atoms with E-state index in [4.69, 9.17) is 5.26 Å².